The molecule has 0 saturated carbocycles. The third-order valence-electron chi connectivity index (χ3n) is 1.49. The summed E-state index contributed by atoms with van der Waals surface area (Å²) in [5.41, 5.74) is 0. The fourth-order valence-corrected chi connectivity index (χ4v) is 1.92. The second kappa shape index (κ2) is 5.40. The van der Waals surface area contributed by atoms with Gasteiger partial charge in [-0.05, 0) is 19.1 Å². The fraction of sp³-hybridized carbons (Fsp3) is 0.0909. The van der Waals surface area contributed by atoms with Crippen LogP contribution >= 0.6 is 0 Å². The smallest absolute Gasteiger partial charge is 0.205 e. The van der Waals surface area contributed by atoms with Crippen molar-refractivity contribution in [3.8, 4) is 0 Å². The van der Waals surface area contributed by atoms with Gasteiger partial charge in [-0.25, -0.2) is 8.42 Å². The third kappa shape index (κ3) is 2.85. The maximum Gasteiger partial charge on any atom is 0.205 e. The summed E-state index contributed by atoms with van der Waals surface area (Å²) in [5, 5.41) is 0. The Kier molecular flexibility index (Phi) is 4.87. The van der Waals surface area contributed by atoms with E-state index in [1.165, 1.54) is 24.3 Å². The van der Waals surface area contributed by atoms with E-state index in [0.29, 0.717) is 0 Å². The van der Waals surface area contributed by atoms with Crippen molar-refractivity contribution in [2.45, 2.75) is 6.92 Å². The molecule has 0 aliphatic heterocycles. The number of hydrogen-bond donors (Lipinski definition) is 0. The molecule has 0 spiro atoms. The van der Waals surface area contributed by atoms with Gasteiger partial charge in [0.15, 0.2) is 0 Å². The molecule has 0 aromatic heterocycles. The van der Waals surface area contributed by atoms with Crippen LogP contribution in [0.4, 0.5) is 0 Å². The van der Waals surface area contributed by atoms with Crippen LogP contribution in [0.3, 0.4) is 0 Å². The first-order valence-corrected chi connectivity index (χ1v) is 5.50. The van der Waals surface area contributed by atoms with E-state index in [2.05, 4.69) is 19.7 Å². The first-order chi connectivity index (χ1) is 6.50. The Morgan fingerprint density at radius 1 is 1.29 bits per heavy atom. The number of hydrogen-bond acceptors (Lipinski definition) is 2. The maximum atomic E-state index is 11.7. The van der Waals surface area contributed by atoms with Gasteiger partial charge in [-0.1, -0.05) is 38.0 Å². The number of sulfone groups is 1. The lowest BCUT2D eigenvalue weighted by molar-refractivity contribution is 0.609. The second-order valence-electron chi connectivity index (χ2n) is 2.48. The summed E-state index contributed by atoms with van der Waals surface area (Å²) in [7, 11) is -3.48. The lowest BCUT2D eigenvalue weighted by Gasteiger charge is -2.03. The van der Waals surface area contributed by atoms with Crippen molar-refractivity contribution in [2.24, 2.45) is 0 Å². The number of allylic oxidation sites excluding steroid dienone is 5. The predicted octanol–water partition coefficient (Wildman–Crippen LogP) is 2.75. The van der Waals surface area contributed by atoms with Crippen LogP contribution in [0.1, 0.15) is 6.92 Å². The molecule has 0 aliphatic carbocycles. The summed E-state index contributed by atoms with van der Waals surface area (Å²) in [4.78, 5) is 0.156. The van der Waals surface area contributed by atoms with E-state index in [1.54, 1.807) is 13.0 Å². The molecule has 0 rings (SSSR count). The molecule has 0 unspecified atom stereocenters. The first-order valence-electron chi connectivity index (χ1n) is 4.02. The molecule has 0 aromatic carbocycles. The zero-order valence-corrected chi connectivity index (χ0v) is 9.05. The Labute approximate surface area is 85.6 Å². The summed E-state index contributed by atoms with van der Waals surface area (Å²) in [6, 6.07) is 0. The van der Waals surface area contributed by atoms with Crippen LogP contribution in [0.5, 0.6) is 0 Å². The highest BCUT2D eigenvalue weighted by Crippen LogP contribution is 2.17. The van der Waals surface area contributed by atoms with E-state index in [0.717, 1.165) is 0 Å². The molecule has 0 heterocycles. The molecule has 0 atom stereocenters. The Bertz CT molecular complexity index is 395. The maximum absolute atomic E-state index is 11.7. The summed E-state index contributed by atoms with van der Waals surface area (Å²) in [6.07, 6.45) is 7.12. The Hall–Kier alpha value is -1.35. The van der Waals surface area contributed by atoms with Gasteiger partial charge in [-0.2, -0.15) is 0 Å². The number of rotatable bonds is 5. The zero-order chi connectivity index (χ0) is 11.2. The largest absolute Gasteiger partial charge is 0.219 e. The molecule has 76 valence electrons. The van der Waals surface area contributed by atoms with Crippen molar-refractivity contribution in [3.63, 3.8) is 0 Å². The van der Waals surface area contributed by atoms with Crippen molar-refractivity contribution in [1.82, 2.24) is 0 Å². The highest BCUT2D eigenvalue weighted by atomic mass is 32.2. The Morgan fingerprint density at radius 2 is 1.86 bits per heavy atom. The molecular formula is C11H14O2S. The summed E-state index contributed by atoms with van der Waals surface area (Å²) >= 11 is 0. The molecule has 0 N–H and O–H groups in total. The van der Waals surface area contributed by atoms with Gasteiger partial charge in [0.1, 0.15) is 0 Å². The quantitative estimate of drug-likeness (QED) is 0.654. The van der Waals surface area contributed by atoms with E-state index in [4.69, 9.17) is 0 Å². The third-order valence-corrected chi connectivity index (χ3v) is 3.24. The van der Waals surface area contributed by atoms with Crippen LogP contribution in [-0.4, -0.2) is 8.42 Å². The van der Waals surface area contributed by atoms with Gasteiger partial charge >= 0.3 is 0 Å². The normalized spacial score (nSPS) is 12.8. The van der Waals surface area contributed by atoms with E-state index < -0.39 is 9.84 Å². The van der Waals surface area contributed by atoms with E-state index in [1.807, 2.05) is 0 Å². The molecule has 0 radical (unpaired) electrons. The lowest BCUT2D eigenvalue weighted by atomic mass is 10.5. The van der Waals surface area contributed by atoms with Gasteiger partial charge in [-0.3, -0.25) is 0 Å². The van der Waals surface area contributed by atoms with Crippen molar-refractivity contribution < 1.29 is 8.42 Å². The van der Waals surface area contributed by atoms with Gasteiger partial charge in [0, 0.05) is 0 Å². The fourth-order valence-electron chi connectivity index (χ4n) is 0.810. The minimum atomic E-state index is -3.48. The molecule has 14 heavy (non-hydrogen) atoms. The van der Waals surface area contributed by atoms with Gasteiger partial charge in [0.25, 0.3) is 0 Å². The van der Waals surface area contributed by atoms with Gasteiger partial charge < -0.3 is 0 Å². The van der Waals surface area contributed by atoms with Gasteiger partial charge in [-0.15, -0.1) is 0 Å². The average Bonchev–Trinajstić information content (AvgIpc) is 2.14. The van der Waals surface area contributed by atoms with E-state index in [-0.39, 0.29) is 9.81 Å². The Morgan fingerprint density at radius 3 is 2.21 bits per heavy atom. The molecule has 3 heteroatoms. The monoisotopic (exact) mass is 210 g/mol. The predicted molar refractivity (Wildman–Crippen MR) is 61.4 cm³/mol. The molecule has 0 amide bonds. The molecule has 0 aliphatic rings. The molecular weight excluding hydrogens is 196 g/mol. The van der Waals surface area contributed by atoms with Crippen LogP contribution < -0.4 is 0 Å². The summed E-state index contributed by atoms with van der Waals surface area (Å²) < 4.78 is 23.4. The Balaban J connectivity index is 5.34. The SMILES string of the molecule is C=C/C=C(\C=C)S(=O)(=O)C(=C)/C=C\C. The second-order valence-corrected chi connectivity index (χ2v) is 4.48. The molecule has 0 aromatic rings. The topological polar surface area (TPSA) is 34.1 Å². The van der Waals surface area contributed by atoms with Crippen LogP contribution in [0.15, 0.2) is 59.9 Å². The van der Waals surface area contributed by atoms with Crippen LogP contribution in [-0.2, 0) is 9.84 Å². The standard InChI is InChI=1S/C11H14O2S/c1-5-8-10(4)14(12,13)11(7-3)9-6-2/h5-9H,2-4H2,1H3/b8-5-,11-9+. The minimum Gasteiger partial charge on any atom is -0.219 e. The van der Waals surface area contributed by atoms with Crippen molar-refractivity contribution in [3.05, 3.63) is 59.9 Å². The lowest BCUT2D eigenvalue weighted by Crippen LogP contribution is -2.02. The van der Waals surface area contributed by atoms with E-state index in [9.17, 15) is 8.42 Å². The minimum absolute atomic E-state index is 0.0491. The van der Waals surface area contributed by atoms with Crippen LogP contribution in [0.25, 0.3) is 0 Å². The van der Waals surface area contributed by atoms with Gasteiger partial charge in [0.05, 0.1) is 9.81 Å². The zero-order valence-electron chi connectivity index (χ0n) is 8.23. The molecule has 0 bridgehead atoms. The molecule has 0 fully saturated rings. The van der Waals surface area contributed by atoms with Gasteiger partial charge in [0.2, 0.25) is 9.84 Å². The molecule has 2 nitrogen and oxygen atoms in total. The molecule has 0 saturated heterocycles. The highest BCUT2D eigenvalue weighted by Gasteiger charge is 2.16. The van der Waals surface area contributed by atoms with Crippen LogP contribution in [0.2, 0.25) is 0 Å². The summed E-state index contributed by atoms with van der Waals surface area (Å²) in [5.74, 6) is 0. The summed E-state index contributed by atoms with van der Waals surface area (Å²) in [6.45, 7) is 12.1. The van der Waals surface area contributed by atoms with Crippen molar-refractivity contribution in [2.75, 3.05) is 0 Å². The first kappa shape index (κ1) is 12.7. The van der Waals surface area contributed by atoms with Crippen molar-refractivity contribution in [1.29, 1.82) is 0 Å². The van der Waals surface area contributed by atoms with Crippen LogP contribution in [0, 0.1) is 0 Å². The van der Waals surface area contributed by atoms with Crippen molar-refractivity contribution >= 4 is 9.84 Å². The van der Waals surface area contributed by atoms with E-state index >= 15 is 0 Å². The highest BCUT2D eigenvalue weighted by molar-refractivity contribution is 7.99. The average molecular weight is 210 g/mol.